The number of rotatable bonds is 2. The molecule has 2 aliphatic heterocycles. The average molecular weight is 223 g/mol. The number of Topliss-reactive ketones (excluding diaryl/α,β-unsaturated/α-hetero) is 1. The summed E-state index contributed by atoms with van der Waals surface area (Å²) in [5, 5.41) is 0. The van der Waals surface area contributed by atoms with Crippen LogP contribution in [-0.2, 0) is 9.53 Å². The van der Waals surface area contributed by atoms with E-state index in [2.05, 4.69) is 4.90 Å². The molecule has 3 heteroatoms. The molecule has 3 nitrogen and oxygen atoms in total. The predicted molar refractivity (Wildman–Crippen MR) is 61.3 cm³/mol. The monoisotopic (exact) mass is 223 g/mol. The summed E-state index contributed by atoms with van der Waals surface area (Å²) in [6.07, 6.45) is 7.65. The molecule has 3 unspecified atom stereocenters. The van der Waals surface area contributed by atoms with Gasteiger partial charge in [-0.15, -0.1) is 0 Å². The summed E-state index contributed by atoms with van der Waals surface area (Å²) in [6.45, 7) is 3.11. The van der Waals surface area contributed by atoms with E-state index in [9.17, 15) is 4.79 Å². The summed E-state index contributed by atoms with van der Waals surface area (Å²) >= 11 is 0. The van der Waals surface area contributed by atoms with E-state index in [0.29, 0.717) is 23.9 Å². The Kier molecular flexibility index (Phi) is 2.99. The van der Waals surface area contributed by atoms with Crippen molar-refractivity contribution >= 4 is 5.78 Å². The van der Waals surface area contributed by atoms with Gasteiger partial charge in [-0.1, -0.05) is 6.42 Å². The molecule has 3 fully saturated rings. The Balaban J connectivity index is 1.56. The Morgan fingerprint density at radius 2 is 1.88 bits per heavy atom. The Morgan fingerprint density at radius 1 is 1.12 bits per heavy atom. The lowest BCUT2D eigenvalue weighted by atomic mass is 9.87. The Morgan fingerprint density at radius 3 is 2.56 bits per heavy atom. The molecule has 0 aromatic carbocycles. The van der Waals surface area contributed by atoms with Gasteiger partial charge < -0.3 is 4.74 Å². The van der Waals surface area contributed by atoms with Gasteiger partial charge in [0.1, 0.15) is 5.78 Å². The van der Waals surface area contributed by atoms with Crippen LogP contribution in [0.25, 0.3) is 0 Å². The molecular formula is C13H21NO2. The molecule has 3 rings (SSSR count). The van der Waals surface area contributed by atoms with Gasteiger partial charge in [-0.25, -0.2) is 0 Å². The first-order chi connectivity index (χ1) is 7.81. The summed E-state index contributed by atoms with van der Waals surface area (Å²) < 4.78 is 5.82. The van der Waals surface area contributed by atoms with Crippen LogP contribution < -0.4 is 0 Å². The molecule has 3 aliphatic rings. The molecule has 2 saturated heterocycles. The predicted octanol–water partition coefficient (Wildman–Crippen LogP) is 1.61. The summed E-state index contributed by atoms with van der Waals surface area (Å²) in [7, 11) is 0. The minimum atomic E-state index is 0.325. The maximum Gasteiger partial charge on any atom is 0.137 e. The van der Waals surface area contributed by atoms with E-state index < -0.39 is 0 Å². The second-order valence-corrected chi connectivity index (χ2v) is 5.59. The normalized spacial score (nSPS) is 40.2. The van der Waals surface area contributed by atoms with E-state index >= 15 is 0 Å². The Bertz CT molecular complexity index is 267. The quantitative estimate of drug-likeness (QED) is 0.712. The number of ketones is 1. The van der Waals surface area contributed by atoms with Crippen LogP contribution in [0.5, 0.6) is 0 Å². The number of ether oxygens (including phenoxy) is 1. The fraction of sp³-hybridized carbons (Fsp3) is 0.923. The van der Waals surface area contributed by atoms with Crippen molar-refractivity contribution < 1.29 is 9.53 Å². The second kappa shape index (κ2) is 4.46. The van der Waals surface area contributed by atoms with Gasteiger partial charge in [-0.3, -0.25) is 9.69 Å². The molecule has 0 spiro atoms. The molecule has 90 valence electrons. The van der Waals surface area contributed by atoms with Crippen LogP contribution in [-0.4, -0.2) is 42.5 Å². The van der Waals surface area contributed by atoms with E-state index in [1.54, 1.807) is 0 Å². The average Bonchev–Trinajstić information content (AvgIpc) is 2.62. The van der Waals surface area contributed by atoms with Crippen LogP contribution in [0.2, 0.25) is 0 Å². The van der Waals surface area contributed by atoms with Crippen molar-refractivity contribution in [3.63, 3.8) is 0 Å². The summed E-state index contributed by atoms with van der Waals surface area (Å²) in [5.74, 6) is 0.830. The first-order valence-electron chi connectivity index (χ1n) is 6.72. The molecule has 0 aromatic heterocycles. The van der Waals surface area contributed by atoms with Crippen molar-refractivity contribution in [2.75, 3.05) is 19.6 Å². The molecule has 0 N–H and O–H groups in total. The molecule has 2 bridgehead atoms. The lowest BCUT2D eigenvalue weighted by Crippen LogP contribution is -2.46. The maximum absolute atomic E-state index is 11.8. The van der Waals surface area contributed by atoms with Gasteiger partial charge >= 0.3 is 0 Å². The van der Waals surface area contributed by atoms with Crippen molar-refractivity contribution in [2.24, 2.45) is 5.92 Å². The Hall–Kier alpha value is -0.410. The number of hydrogen-bond donors (Lipinski definition) is 0. The lowest BCUT2D eigenvalue weighted by molar-refractivity contribution is -0.126. The third-order valence-corrected chi connectivity index (χ3v) is 4.28. The number of morpholine rings is 1. The highest BCUT2D eigenvalue weighted by Gasteiger charge is 2.35. The molecule has 2 heterocycles. The summed E-state index contributed by atoms with van der Waals surface area (Å²) in [5.41, 5.74) is 0. The molecule has 3 atom stereocenters. The van der Waals surface area contributed by atoms with Crippen LogP contribution in [0.15, 0.2) is 0 Å². The molecule has 0 radical (unpaired) electrons. The highest BCUT2D eigenvalue weighted by molar-refractivity contribution is 5.81. The first kappa shape index (κ1) is 10.7. The summed E-state index contributed by atoms with van der Waals surface area (Å²) in [6, 6.07) is 0. The van der Waals surface area contributed by atoms with Crippen molar-refractivity contribution in [2.45, 2.75) is 50.7 Å². The molecule has 1 aliphatic carbocycles. The van der Waals surface area contributed by atoms with Gasteiger partial charge in [0.05, 0.1) is 12.2 Å². The molecule has 0 aromatic rings. The standard InChI is InChI=1S/C13H21NO2/c15-13-4-2-1-3-10(13)7-14-8-11-5-6-12(9-14)16-11/h10-12H,1-9H2. The van der Waals surface area contributed by atoms with Gasteiger partial charge in [0.2, 0.25) is 0 Å². The first-order valence-corrected chi connectivity index (χ1v) is 6.72. The van der Waals surface area contributed by atoms with Crippen LogP contribution in [0, 0.1) is 5.92 Å². The number of fused-ring (bicyclic) bond motifs is 2. The van der Waals surface area contributed by atoms with Gasteiger partial charge in [-0.2, -0.15) is 0 Å². The largest absolute Gasteiger partial charge is 0.372 e. The minimum absolute atomic E-state index is 0.325. The smallest absolute Gasteiger partial charge is 0.137 e. The van der Waals surface area contributed by atoms with Gasteiger partial charge in [0.25, 0.3) is 0 Å². The molecule has 16 heavy (non-hydrogen) atoms. The van der Waals surface area contributed by atoms with Gasteiger partial charge in [-0.05, 0) is 25.7 Å². The third kappa shape index (κ3) is 2.16. The minimum Gasteiger partial charge on any atom is -0.372 e. The van der Waals surface area contributed by atoms with E-state index in [4.69, 9.17) is 4.74 Å². The number of carbonyl (C=O) groups is 1. The van der Waals surface area contributed by atoms with Crippen LogP contribution >= 0.6 is 0 Å². The number of hydrogen-bond acceptors (Lipinski definition) is 3. The Labute approximate surface area is 97.1 Å². The van der Waals surface area contributed by atoms with Crippen LogP contribution in [0.3, 0.4) is 0 Å². The fourth-order valence-electron chi connectivity index (χ4n) is 3.41. The number of nitrogens with zero attached hydrogens (tertiary/aromatic N) is 1. The highest BCUT2D eigenvalue weighted by Crippen LogP contribution is 2.28. The van der Waals surface area contributed by atoms with E-state index in [-0.39, 0.29) is 0 Å². The van der Waals surface area contributed by atoms with E-state index in [1.165, 1.54) is 19.3 Å². The van der Waals surface area contributed by atoms with Crippen molar-refractivity contribution in [1.29, 1.82) is 0 Å². The van der Waals surface area contributed by atoms with Crippen LogP contribution in [0.4, 0.5) is 0 Å². The van der Waals surface area contributed by atoms with E-state index in [0.717, 1.165) is 38.9 Å². The zero-order valence-electron chi connectivity index (χ0n) is 9.86. The third-order valence-electron chi connectivity index (χ3n) is 4.28. The molecular weight excluding hydrogens is 202 g/mol. The highest BCUT2D eigenvalue weighted by atomic mass is 16.5. The lowest BCUT2D eigenvalue weighted by Gasteiger charge is -2.35. The maximum atomic E-state index is 11.8. The SMILES string of the molecule is O=C1CCCCC1CN1CC2CCC(C1)O2. The fourth-order valence-corrected chi connectivity index (χ4v) is 3.41. The number of likely N-dealkylation sites (tertiary alicyclic amines) is 1. The van der Waals surface area contributed by atoms with E-state index in [1.807, 2.05) is 0 Å². The summed E-state index contributed by atoms with van der Waals surface area (Å²) in [4.78, 5) is 14.3. The van der Waals surface area contributed by atoms with Crippen LogP contribution in [0.1, 0.15) is 38.5 Å². The molecule has 1 saturated carbocycles. The zero-order valence-corrected chi connectivity index (χ0v) is 9.86. The van der Waals surface area contributed by atoms with Crippen molar-refractivity contribution in [3.8, 4) is 0 Å². The van der Waals surface area contributed by atoms with Crippen molar-refractivity contribution in [3.05, 3.63) is 0 Å². The second-order valence-electron chi connectivity index (χ2n) is 5.59. The zero-order chi connectivity index (χ0) is 11.0. The van der Waals surface area contributed by atoms with Gasteiger partial charge in [0.15, 0.2) is 0 Å². The van der Waals surface area contributed by atoms with Crippen molar-refractivity contribution in [1.82, 2.24) is 4.90 Å². The molecule has 0 amide bonds. The van der Waals surface area contributed by atoms with Gasteiger partial charge in [0, 0.05) is 32.0 Å². The topological polar surface area (TPSA) is 29.5 Å². The number of carbonyl (C=O) groups excluding carboxylic acids is 1.